The van der Waals surface area contributed by atoms with Crippen LogP contribution >= 0.6 is 0 Å². The number of fused-ring (bicyclic) bond motifs is 1. The van der Waals surface area contributed by atoms with Crippen molar-refractivity contribution in [2.24, 2.45) is 0 Å². The SMILES string of the molecule is COC(=O)Cn1ccc2cc(OC)ccc2c1=O. The van der Waals surface area contributed by atoms with E-state index >= 15 is 0 Å². The van der Waals surface area contributed by atoms with Gasteiger partial charge in [-0.3, -0.25) is 9.59 Å². The lowest BCUT2D eigenvalue weighted by Crippen LogP contribution is -2.24. The molecule has 0 radical (unpaired) electrons. The van der Waals surface area contributed by atoms with E-state index in [0.29, 0.717) is 11.1 Å². The molecule has 1 aromatic carbocycles. The van der Waals surface area contributed by atoms with E-state index in [1.807, 2.05) is 0 Å². The first-order valence-electron chi connectivity index (χ1n) is 5.39. The lowest BCUT2D eigenvalue weighted by atomic mass is 10.1. The number of aromatic nitrogens is 1. The van der Waals surface area contributed by atoms with Gasteiger partial charge in [0.1, 0.15) is 12.3 Å². The number of benzene rings is 1. The van der Waals surface area contributed by atoms with Crippen LogP contribution in [0.4, 0.5) is 0 Å². The molecule has 5 nitrogen and oxygen atoms in total. The second kappa shape index (κ2) is 4.91. The normalized spacial score (nSPS) is 10.3. The van der Waals surface area contributed by atoms with Gasteiger partial charge in [-0.25, -0.2) is 0 Å². The monoisotopic (exact) mass is 247 g/mol. The van der Waals surface area contributed by atoms with E-state index in [9.17, 15) is 9.59 Å². The zero-order valence-electron chi connectivity index (χ0n) is 10.2. The highest BCUT2D eigenvalue weighted by molar-refractivity contribution is 5.83. The van der Waals surface area contributed by atoms with Crippen molar-refractivity contribution in [1.29, 1.82) is 0 Å². The molecule has 2 aromatic rings. The zero-order valence-corrected chi connectivity index (χ0v) is 10.2. The van der Waals surface area contributed by atoms with E-state index in [2.05, 4.69) is 4.74 Å². The van der Waals surface area contributed by atoms with Gasteiger partial charge in [-0.1, -0.05) is 0 Å². The molecule has 0 aliphatic carbocycles. The van der Waals surface area contributed by atoms with Crippen molar-refractivity contribution < 1.29 is 14.3 Å². The minimum Gasteiger partial charge on any atom is -0.497 e. The summed E-state index contributed by atoms with van der Waals surface area (Å²) in [7, 11) is 2.86. The van der Waals surface area contributed by atoms with Crippen LogP contribution in [0.1, 0.15) is 0 Å². The van der Waals surface area contributed by atoms with Crippen LogP contribution in [0.15, 0.2) is 35.3 Å². The van der Waals surface area contributed by atoms with Gasteiger partial charge in [0.05, 0.1) is 14.2 Å². The number of methoxy groups -OCH3 is 2. The highest BCUT2D eigenvalue weighted by Gasteiger charge is 2.07. The number of esters is 1. The van der Waals surface area contributed by atoms with Gasteiger partial charge in [0.15, 0.2) is 0 Å². The third-order valence-corrected chi connectivity index (χ3v) is 2.71. The Morgan fingerprint density at radius 2 is 2.06 bits per heavy atom. The molecular formula is C13H13NO4. The molecule has 94 valence electrons. The van der Waals surface area contributed by atoms with Gasteiger partial charge in [0.25, 0.3) is 5.56 Å². The molecule has 0 amide bonds. The third kappa shape index (κ3) is 2.20. The quantitative estimate of drug-likeness (QED) is 0.764. The Labute approximate surface area is 104 Å². The number of hydrogen-bond acceptors (Lipinski definition) is 4. The minimum atomic E-state index is -0.454. The van der Waals surface area contributed by atoms with E-state index < -0.39 is 5.97 Å². The fraction of sp³-hybridized carbons (Fsp3) is 0.231. The molecule has 0 unspecified atom stereocenters. The summed E-state index contributed by atoms with van der Waals surface area (Å²) < 4.78 is 11.0. The van der Waals surface area contributed by atoms with Crippen molar-refractivity contribution in [1.82, 2.24) is 4.57 Å². The molecule has 18 heavy (non-hydrogen) atoms. The number of hydrogen-bond donors (Lipinski definition) is 0. The molecule has 0 saturated carbocycles. The summed E-state index contributed by atoms with van der Waals surface area (Å²) in [4.78, 5) is 23.3. The summed E-state index contributed by atoms with van der Waals surface area (Å²) in [5.74, 6) is 0.234. The van der Waals surface area contributed by atoms with Crippen molar-refractivity contribution in [3.8, 4) is 5.75 Å². The van der Waals surface area contributed by atoms with E-state index in [-0.39, 0.29) is 12.1 Å². The molecule has 0 aliphatic heterocycles. The fourth-order valence-corrected chi connectivity index (χ4v) is 1.72. The molecule has 0 atom stereocenters. The maximum atomic E-state index is 12.1. The maximum Gasteiger partial charge on any atom is 0.325 e. The van der Waals surface area contributed by atoms with Gasteiger partial charge in [0, 0.05) is 11.6 Å². The van der Waals surface area contributed by atoms with Crippen molar-refractivity contribution in [3.05, 3.63) is 40.8 Å². The molecule has 0 N–H and O–H groups in total. The second-order valence-corrected chi connectivity index (χ2v) is 3.78. The van der Waals surface area contributed by atoms with E-state index in [0.717, 1.165) is 5.39 Å². The van der Waals surface area contributed by atoms with E-state index in [4.69, 9.17) is 4.74 Å². The van der Waals surface area contributed by atoms with Crippen LogP contribution < -0.4 is 10.3 Å². The average Bonchev–Trinajstić information content (AvgIpc) is 2.41. The van der Waals surface area contributed by atoms with Crippen LogP contribution in [-0.4, -0.2) is 24.8 Å². The Morgan fingerprint density at radius 1 is 1.28 bits per heavy atom. The van der Waals surface area contributed by atoms with E-state index in [1.165, 1.54) is 11.7 Å². The van der Waals surface area contributed by atoms with Crippen LogP contribution in [0, 0.1) is 0 Å². The number of carbonyl (C=O) groups excluding carboxylic acids is 1. The third-order valence-electron chi connectivity index (χ3n) is 2.71. The summed E-state index contributed by atoms with van der Waals surface area (Å²) in [5, 5.41) is 1.32. The van der Waals surface area contributed by atoms with Crippen LogP contribution in [-0.2, 0) is 16.1 Å². The average molecular weight is 247 g/mol. The van der Waals surface area contributed by atoms with Crippen molar-refractivity contribution in [2.45, 2.75) is 6.54 Å². The minimum absolute atomic E-state index is 0.0860. The van der Waals surface area contributed by atoms with Crippen molar-refractivity contribution in [2.75, 3.05) is 14.2 Å². The number of nitrogens with zero attached hydrogens (tertiary/aromatic N) is 1. The molecule has 0 saturated heterocycles. The predicted octanol–water partition coefficient (Wildman–Crippen LogP) is 1.18. The Morgan fingerprint density at radius 3 is 2.72 bits per heavy atom. The summed E-state index contributed by atoms with van der Waals surface area (Å²) >= 11 is 0. The molecule has 0 spiro atoms. The van der Waals surface area contributed by atoms with E-state index in [1.54, 1.807) is 37.6 Å². The molecule has 0 aliphatic rings. The Kier molecular flexibility index (Phi) is 3.32. The Hall–Kier alpha value is -2.30. The number of pyridine rings is 1. The topological polar surface area (TPSA) is 57.5 Å². The molecule has 2 rings (SSSR count). The molecule has 1 aromatic heterocycles. The Bertz CT molecular complexity index is 645. The fourth-order valence-electron chi connectivity index (χ4n) is 1.72. The second-order valence-electron chi connectivity index (χ2n) is 3.78. The standard InChI is InChI=1S/C13H13NO4/c1-17-10-3-4-11-9(7-10)5-6-14(13(11)16)8-12(15)18-2/h3-7H,8H2,1-2H3. The smallest absolute Gasteiger partial charge is 0.325 e. The molecule has 0 fully saturated rings. The van der Waals surface area contributed by atoms with Gasteiger partial charge >= 0.3 is 5.97 Å². The molecule has 1 heterocycles. The van der Waals surface area contributed by atoms with Gasteiger partial charge in [-0.05, 0) is 29.7 Å². The predicted molar refractivity (Wildman–Crippen MR) is 66.8 cm³/mol. The summed E-state index contributed by atoms with van der Waals surface area (Å²) in [5.41, 5.74) is -0.222. The lowest BCUT2D eigenvalue weighted by molar-refractivity contribution is -0.141. The number of ether oxygens (including phenoxy) is 2. The number of carbonyl (C=O) groups is 1. The summed E-state index contributed by atoms with van der Waals surface area (Å²) in [6.45, 7) is -0.0860. The Balaban J connectivity index is 2.51. The first-order valence-corrected chi connectivity index (χ1v) is 5.39. The highest BCUT2D eigenvalue weighted by Crippen LogP contribution is 2.17. The van der Waals surface area contributed by atoms with Gasteiger partial charge in [0.2, 0.25) is 0 Å². The zero-order chi connectivity index (χ0) is 13.1. The van der Waals surface area contributed by atoms with Crippen molar-refractivity contribution >= 4 is 16.7 Å². The molecular weight excluding hydrogens is 234 g/mol. The number of rotatable bonds is 3. The molecule has 0 bridgehead atoms. The summed E-state index contributed by atoms with van der Waals surface area (Å²) in [6, 6.07) is 6.94. The first-order chi connectivity index (χ1) is 8.65. The lowest BCUT2D eigenvalue weighted by Gasteiger charge is -2.07. The summed E-state index contributed by atoms with van der Waals surface area (Å²) in [6.07, 6.45) is 1.57. The maximum absolute atomic E-state index is 12.1. The van der Waals surface area contributed by atoms with Crippen LogP contribution in [0.3, 0.4) is 0 Å². The van der Waals surface area contributed by atoms with Gasteiger partial charge in [-0.2, -0.15) is 0 Å². The van der Waals surface area contributed by atoms with Gasteiger partial charge in [-0.15, -0.1) is 0 Å². The van der Waals surface area contributed by atoms with Gasteiger partial charge < -0.3 is 14.0 Å². The van der Waals surface area contributed by atoms with Crippen molar-refractivity contribution in [3.63, 3.8) is 0 Å². The largest absolute Gasteiger partial charge is 0.497 e. The van der Waals surface area contributed by atoms with Crippen LogP contribution in [0.5, 0.6) is 5.75 Å². The molecule has 5 heteroatoms. The van der Waals surface area contributed by atoms with Crippen LogP contribution in [0.25, 0.3) is 10.8 Å². The van der Waals surface area contributed by atoms with Crippen LogP contribution in [0.2, 0.25) is 0 Å². The first kappa shape index (κ1) is 12.2. The highest BCUT2D eigenvalue weighted by atomic mass is 16.5.